The second-order valence-corrected chi connectivity index (χ2v) is 6.72. The number of hydrogen-bond acceptors (Lipinski definition) is 4. The van der Waals surface area contributed by atoms with Gasteiger partial charge in [-0.05, 0) is 55.2 Å². The molecular formula is C21H24N2O3. The number of benzene rings is 1. The number of phenolic OH excluding ortho intramolecular Hbond substituents is 2. The van der Waals surface area contributed by atoms with Gasteiger partial charge in [-0.25, -0.2) is 4.98 Å². The van der Waals surface area contributed by atoms with E-state index < -0.39 is 0 Å². The van der Waals surface area contributed by atoms with Gasteiger partial charge in [-0.3, -0.25) is 9.69 Å². The number of nitrogens with zero attached hydrogens (tertiary/aromatic N) is 2. The second kappa shape index (κ2) is 8.04. The summed E-state index contributed by atoms with van der Waals surface area (Å²) in [6, 6.07) is 10.3. The van der Waals surface area contributed by atoms with Crippen LogP contribution in [0.25, 0.3) is 5.57 Å². The smallest absolute Gasteiger partial charge is 0.252 e. The van der Waals surface area contributed by atoms with Crippen molar-refractivity contribution in [2.45, 2.75) is 45.1 Å². The van der Waals surface area contributed by atoms with Crippen LogP contribution >= 0.6 is 0 Å². The molecule has 0 atom stereocenters. The lowest BCUT2D eigenvalue weighted by Gasteiger charge is -2.33. The lowest BCUT2D eigenvalue weighted by Crippen LogP contribution is -2.41. The van der Waals surface area contributed by atoms with Crippen LogP contribution in [-0.4, -0.2) is 27.1 Å². The molecule has 1 aliphatic rings. The number of aromatic hydroxyl groups is 2. The minimum absolute atomic E-state index is 0.110. The third-order valence-electron chi connectivity index (χ3n) is 4.84. The normalized spacial score (nSPS) is 15.7. The summed E-state index contributed by atoms with van der Waals surface area (Å²) in [6.45, 7) is 1.82. The van der Waals surface area contributed by atoms with E-state index in [-0.39, 0.29) is 23.4 Å². The molecule has 2 aromatic rings. The summed E-state index contributed by atoms with van der Waals surface area (Å²) >= 11 is 0. The Morgan fingerprint density at radius 3 is 2.54 bits per heavy atom. The first kappa shape index (κ1) is 18.0. The summed E-state index contributed by atoms with van der Waals surface area (Å²) < 4.78 is 0. The van der Waals surface area contributed by atoms with Gasteiger partial charge >= 0.3 is 0 Å². The number of phenols is 2. The Bertz CT molecular complexity index is 796. The van der Waals surface area contributed by atoms with Crippen LogP contribution in [-0.2, 0) is 4.79 Å². The highest BCUT2D eigenvalue weighted by Gasteiger charge is 2.26. The molecule has 5 heteroatoms. The predicted molar refractivity (Wildman–Crippen MR) is 102 cm³/mol. The van der Waals surface area contributed by atoms with Gasteiger partial charge in [0.05, 0.1) is 0 Å². The summed E-state index contributed by atoms with van der Waals surface area (Å²) in [5.74, 6) is 0.185. The van der Waals surface area contributed by atoms with Gasteiger partial charge in [-0.15, -0.1) is 0 Å². The van der Waals surface area contributed by atoms with Gasteiger partial charge in [0.25, 0.3) is 5.91 Å². The van der Waals surface area contributed by atoms with Crippen molar-refractivity contribution in [1.29, 1.82) is 0 Å². The molecule has 0 unspecified atom stereocenters. The van der Waals surface area contributed by atoms with Crippen LogP contribution in [0.3, 0.4) is 0 Å². The van der Waals surface area contributed by atoms with E-state index in [4.69, 9.17) is 0 Å². The number of carbonyl (C=O) groups excluding carboxylic acids is 1. The first-order valence-electron chi connectivity index (χ1n) is 9.01. The zero-order chi connectivity index (χ0) is 18.5. The molecule has 26 heavy (non-hydrogen) atoms. The molecular weight excluding hydrogens is 328 g/mol. The monoisotopic (exact) mass is 352 g/mol. The fraction of sp³-hybridized carbons (Fsp3) is 0.333. The van der Waals surface area contributed by atoms with Gasteiger partial charge in [0.1, 0.15) is 5.82 Å². The molecule has 0 spiro atoms. The average molecular weight is 352 g/mol. The summed E-state index contributed by atoms with van der Waals surface area (Å²) in [6.07, 6.45) is 8.69. The van der Waals surface area contributed by atoms with Crippen molar-refractivity contribution in [3.05, 3.63) is 54.2 Å². The Morgan fingerprint density at radius 1 is 1.12 bits per heavy atom. The Kier molecular flexibility index (Phi) is 5.56. The quantitative estimate of drug-likeness (QED) is 0.637. The first-order valence-corrected chi connectivity index (χ1v) is 9.01. The summed E-state index contributed by atoms with van der Waals surface area (Å²) in [5.41, 5.74) is 1.42. The van der Waals surface area contributed by atoms with Crippen molar-refractivity contribution < 1.29 is 15.0 Å². The molecule has 1 aromatic heterocycles. The van der Waals surface area contributed by atoms with Crippen molar-refractivity contribution >= 4 is 17.3 Å². The van der Waals surface area contributed by atoms with Crippen LogP contribution < -0.4 is 4.90 Å². The maximum Gasteiger partial charge on any atom is 0.252 e. The molecule has 3 rings (SSSR count). The molecule has 1 fully saturated rings. The minimum Gasteiger partial charge on any atom is -0.504 e. The SMILES string of the molecule is C/C(=C/C(=O)N(c1ccccn1)C1CCCCC1)c1ccc(O)c(O)c1. The zero-order valence-electron chi connectivity index (χ0n) is 14.9. The van der Waals surface area contributed by atoms with Gasteiger partial charge in [0.15, 0.2) is 11.5 Å². The number of aromatic nitrogens is 1. The van der Waals surface area contributed by atoms with Gasteiger partial charge in [0.2, 0.25) is 0 Å². The molecule has 1 aliphatic carbocycles. The lowest BCUT2D eigenvalue weighted by molar-refractivity contribution is -0.114. The Labute approximate surface area is 153 Å². The molecule has 1 amide bonds. The van der Waals surface area contributed by atoms with E-state index in [0.717, 1.165) is 31.3 Å². The van der Waals surface area contributed by atoms with Crippen LogP contribution in [0.2, 0.25) is 0 Å². The fourth-order valence-electron chi connectivity index (χ4n) is 3.42. The average Bonchev–Trinajstić information content (AvgIpc) is 2.66. The molecule has 0 bridgehead atoms. The maximum atomic E-state index is 13.1. The first-order chi connectivity index (χ1) is 12.6. The molecule has 0 saturated heterocycles. The number of rotatable bonds is 4. The van der Waals surface area contributed by atoms with E-state index in [1.54, 1.807) is 23.2 Å². The van der Waals surface area contributed by atoms with E-state index >= 15 is 0 Å². The van der Waals surface area contributed by atoms with Crippen LogP contribution in [0.1, 0.15) is 44.6 Å². The minimum atomic E-state index is -0.198. The lowest BCUT2D eigenvalue weighted by atomic mass is 9.94. The Morgan fingerprint density at radius 2 is 1.88 bits per heavy atom. The molecule has 2 N–H and O–H groups in total. The maximum absolute atomic E-state index is 13.1. The number of anilines is 1. The van der Waals surface area contributed by atoms with Crippen molar-refractivity contribution in [3.8, 4) is 11.5 Å². The number of pyridine rings is 1. The number of carbonyl (C=O) groups is 1. The highest BCUT2D eigenvalue weighted by Crippen LogP contribution is 2.30. The van der Waals surface area contributed by atoms with Gasteiger partial charge < -0.3 is 10.2 Å². The van der Waals surface area contributed by atoms with E-state index in [9.17, 15) is 15.0 Å². The Hall–Kier alpha value is -2.82. The zero-order valence-corrected chi connectivity index (χ0v) is 14.9. The number of hydrogen-bond donors (Lipinski definition) is 2. The van der Waals surface area contributed by atoms with Crippen LogP contribution in [0.5, 0.6) is 11.5 Å². The van der Waals surface area contributed by atoms with E-state index in [0.29, 0.717) is 11.4 Å². The van der Waals surface area contributed by atoms with Crippen molar-refractivity contribution in [2.24, 2.45) is 0 Å². The second-order valence-electron chi connectivity index (χ2n) is 6.72. The van der Waals surface area contributed by atoms with Crippen LogP contribution in [0.4, 0.5) is 5.82 Å². The molecule has 1 saturated carbocycles. The van der Waals surface area contributed by atoms with Gasteiger partial charge in [-0.1, -0.05) is 31.4 Å². The molecule has 1 aromatic carbocycles. The fourth-order valence-corrected chi connectivity index (χ4v) is 3.42. The number of allylic oxidation sites excluding steroid dienone is 1. The largest absolute Gasteiger partial charge is 0.504 e. The van der Waals surface area contributed by atoms with Crippen molar-refractivity contribution in [1.82, 2.24) is 4.98 Å². The standard InChI is InChI=1S/C21H24N2O3/c1-15(16-10-11-18(24)19(25)14-16)13-21(26)23(17-7-3-2-4-8-17)20-9-5-6-12-22-20/h5-6,9-14,17,24-25H,2-4,7-8H2,1H3/b15-13-. The predicted octanol–water partition coefficient (Wildman–Crippen LogP) is 4.26. The number of amides is 1. The van der Waals surface area contributed by atoms with Crippen LogP contribution in [0.15, 0.2) is 48.7 Å². The third kappa shape index (κ3) is 4.04. The van der Waals surface area contributed by atoms with Gasteiger partial charge in [-0.2, -0.15) is 0 Å². The van der Waals surface area contributed by atoms with E-state index in [2.05, 4.69) is 4.98 Å². The molecule has 0 aliphatic heterocycles. The topological polar surface area (TPSA) is 73.7 Å². The molecule has 5 nitrogen and oxygen atoms in total. The van der Waals surface area contributed by atoms with E-state index in [1.807, 2.05) is 25.1 Å². The van der Waals surface area contributed by atoms with Crippen molar-refractivity contribution in [2.75, 3.05) is 4.90 Å². The molecule has 1 heterocycles. The molecule has 136 valence electrons. The van der Waals surface area contributed by atoms with Crippen LogP contribution in [0, 0.1) is 0 Å². The highest BCUT2D eigenvalue weighted by atomic mass is 16.3. The third-order valence-corrected chi connectivity index (χ3v) is 4.84. The van der Waals surface area contributed by atoms with Crippen molar-refractivity contribution in [3.63, 3.8) is 0 Å². The van der Waals surface area contributed by atoms with Gasteiger partial charge in [0, 0.05) is 18.3 Å². The summed E-state index contributed by atoms with van der Waals surface area (Å²) in [5, 5.41) is 19.2. The molecule has 0 radical (unpaired) electrons. The summed E-state index contributed by atoms with van der Waals surface area (Å²) in [7, 11) is 0. The van der Waals surface area contributed by atoms with E-state index in [1.165, 1.54) is 18.6 Å². The highest BCUT2D eigenvalue weighted by molar-refractivity contribution is 6.05. The summed E-state index contributed by atoms with van der Waals surface area (Å²) in [4.78, 5) is 19.3. The Balaban J connectivity index is 1.90.